The Morgan fingerprint density at radius 2 is 2.07 bits per heavy atom. The minimum atomic E-state index is -0.491. The van der Waals surface area contributed by atoms with Crippen LogP contribution in [0, 0.1) is 0 Å². The summed E-state index contributed by atoms with van der Waals surface area (Å²) < 4.78 is 1.79. The molecule has 1 atom stereocenters. The lowest BCUT2D eigenvalue weighted by atomic mass is 10.2. The van der Waals surface area contributed by atoms with Crippen LogP contribution in [0.3, 0.4) is 0 Å². The molecule has 150 valence electrons. The number of thioether (sulfide) groups is 1. The van der Waals surface area contributed by atoms with Crippen LogP contribution in [0.1, 0.15) is 6.92 Å². The first-order valence-corrected chi connectivity index (χ1v) is 10.3. The monoisotopic (exact) mass is 448 g/mol. The fraction of sp³-hybridized carbons (Fsp3) is 0.150. The van der Waals surface area contributed by atoms with Gasteiger partial charge in [-0.2, -0.15) is 0 Å². The Morgan fingerprint density at radius 1 is 1.31 bits per heavy atom. The van der Waals surface area contributed by atoms with Gasteiger partial charge in [0.05, 0.1) is 21.5 Å². The van der Waals surface area contributed by atoms with E-state index in [0.29, 0.717) is 38.8 Å². The summed E-state index contributed by atoms with van der Waals surface area (Å²) in [6, 6.07) is 11.7. The van der Waals surface area contributed by atoms with Crippen molar-refractivity contribution in [1.82, 2.24) is 14.8 Å². The molecule has 0 unspecified atom stereocenters. The maximum atomic E-state index is 12.6. The number of amides is 1. The second-order valence-corrected chi connectivity index (χ2v) is 8.25. The number of nitrogens with one attached hydrogen (secondary N) is 1. The number of aromatic hydroxyl groups is 1. The lowest BCUT2D eigenvalue weighted by Crippen LogP contribution is -2.23. The number of carbonyl (C=O) groups excluding carboxylic acids is 1. The molecule has 0 spiro atoms. The Kier molecular flexibility index (Phi) is 6.84. The summed E-state index contributed by atoms with van der Waals surface area (Å²) in [4.78, 5) is 12.6. The van der Waals surface area contributed by atoms with Gasteiger partial charge in [0.15, 0.2) is 11.0 Å². The summed E-state index contributed by atoms with van der Waals surface area (Å²) in [7, 11) is 0. The average molecular weight is 449 g/mol. The second-order valence-electron chi connectivity index (χ2n) is 6.10. The molecule has 2 aromatic carbocycles. The lowest BCUT2D eigenvalue weighted by Gasteiger charge is -2.14. The van der Waals surface area contributed by atoms with Gasteiger partial charge >= 0.3 is 0 Å². The van der Waals surface area contributed by atoms with Crippen molar-refractivity contribution >= 4 is 46.6 Å². The Hall–Kier alpha value is -2.48. The van der Waals surface area contributed by atoms with E-state index in [-0.39, 0.29) is 11.7 Å². The van der Waals surface area contributed by atoms with Gasteiger partial charge in [-0.05, 0) is 37.3 Å². The van der Waals surface area contributed by atoms with E-state index in [1.165, 1.54) is 11.8 Å². The third-order valence-corrected chi connectivity index (χ3v) is 5.66. The SMILES string of the molecule is C=CCn1c(S[C@@H](C)C(=O)Nc2cc(Cl)ccc2Cl)nnc1-c1ccccc1O. The van der Waals surface area contributed by atoms with Crippen LogP contribution in [0.2, 0.25) is 10.0 Å². The van der Waals surface area contributed by atoms with Crippen LogP contribution in [0.4, 0.5) is 5.69 Å². The molecule has 0 aliphatic rings. The van der Waals surface area contributed by atoms with E-state index in [2.05, 4.69) is 22.1 Å². The van der Waals surface area contributed by atoms with Gasteiger partial charge in [0, 0.05) is 11.6 Å². The van der Waals surface area contributed by atoms with Crippen LogP contribution >= 0.6 is 35.0 Å². The minimum absolute atomic E-state index is 0.100. The molecular formula is C20H18Cl2N4O2S. The van der Waals surface area contributed by atoms with E-state index in [1.54, 1.807) is 60.0 Å². The second kappa shape index (κ2) is 9.35. The molecule has 1 aromatic heterocycles. The summed E-state index contributed by atoms with van der Waals surface area (Å²) >= 11 is 13.3. The van der Waals surface area contributed by atoms with Gasteiger partial charge in [-0.25, -0.2) is 0 Å². The molecule has 29 heavy (non-hydrogen) atoms. The number of halogens is 2. The van der Waals surface area contributed by atoms with Crippen molar-refractivity contribution in [2.45, 2.75) is 23.9 Å². The topological polar surface area (TPSA) is 80.0 Å². The number of carbonyl (C=O) groups is 1. The predicted octanol–water partition coefficient (Wildman–Crippen LogP) is 5.26. The number of aromatic nitrogens is 3. The van der Waals surface area contributed by atoms with E-state index >= 15 is 0 Å². The summed E-state index contributed by atoms with van der Waals surface area (Å²) in [6.45, 7) is 5.95. The van der Waals surface area contributed by atoms with Crippen molar-refractivity contribution in [2.75, 3.05) is 5.32 Å². The van der Waals surface area contributed by atoms with Crippen LogP contribution in [0.15, 0.2) is 60.3 Å². The van der Waals surface area contributed by atoms with E-state index in [0.717, 1.165) is 0 Å². The molecule has 3 rings (SSSR count). The van der Waals surface area contributed by atoms with Crippen molar-refractivity contribution in [1.29, 1.82) is 0 Å². The number of nitrogens with zero attached hydrogens (tertiary/aromatic N) is 3. The Bertz CT molecular complexity index is 1050. The quantitative estimate of drug-likeness (QED) is 0.380. The molecule has 0 radical (unpaired) electrons. The molecule has 3 aromatic rings. The molecule has 2 N–H and O–H groups in total. The number of anilines is 1. The Balaban J connectivity index is 1.82. The fourth-order valence-electron chi connectivity index (χ4n) is 2.57. The fourth-order valence-corrected chi connectivity index (χ4v) is 3.77. The van der Waals surface area contributed by atoms with Gasteiger partial charge < -0.3 is 10.4 Å². The summed E-state index contributed by atoms with van der Waals surface area (Å²) in [5.41, 5.74) is 0.996. The van der Waals surface area contributed by atoms with E-state index in [9.17, 15) is 9.90 Å². The number of benzene rings is 2. The number of allylic oxidation sites excluding steroid dienone is 1. The molecule has 9 heteroatoms. The molecule has 0 saturated carbocycles. The summed E-state index contributed by atoms with van der Waals surface area (Å²) in [5, 5.41) is 22.2. The van der Waals surface area contributed by atoms with Crippen molar-refractivity contribution < 1.29 is 9.90 Å². The van der Waals surface area contributed by atoms with Crippen LogP contribution in [-0.2, 0) is 11.3 Å². The molecule has 1 amide bonds. The average Bonchev–Trinajstić information content (AvgIpc) is 3.07. The molecule has 0 bridgehead atoms. The first-order chi connectivity index (χ1) is 13.9. The largest absolute Gasteiger partial charge is 0.507 e. The van der Waals surface area contributed by atoms with Gasteiger partial charge in [0.1, 0.15) is 5.75 Å². The van der Waals surface area contributed by atoms with Crippen LogP contribution < -0.4 is 5.32 Å². The normalized spacial score (nSPS) is 11.8. The highest BCUT2D eigenvalue weighted by molar-refractivity contribution is 8.00. The number of phenols is 1. The highest BCUT2D eigenvalue weighted by Gasteiger charge is 2.22. The smallest absolute Gasteiger partial charge is 0.237 e. The van der Waals surface area contributed by atoms with Crippen molar-refractivity contribution in [3.8, 4) is 17.1 Å². The molecule has 1 heterocycles. The highest BCUT2D eigenvalue weighted by Crippen LogP contribution is 2.32. The lowest BCUT2D eigenvalue weighted by molar-refractivity contribution is -0.115. The Labute approximate surface area is 182 Å². The maximum absolute atomic E-state index is 12.6. The van der Waals surface area contributed by atoms with Gasteiger partial charge in [0.2, 0.25) is 5.91 Å². The first-order valence-electron chi connectivity index (χ1n) is 8.65. The third kappa shape index (κ3) is 4.93. The highest BCUT2D eigenvalue weighted by atomic mass is 35.5. The van der Waals surface area contributed by atoms with E-state index < -0.39 is 5.25 Å². The van der Waals surface area contributed by atoms with Crippen LogP contribution in [-0.4, -0.2) is 31.0 Å². The van der Waals surface area contributed by atoms with Gasteiger partial charge in [-0.3, -0.25) is 9.36 Å². The van der Waals surface area contributed by atoms with Gasteiger partial charge in [-0.1, -0.05) is 53.2 Å². The predicted molar refractivity (Wildman–Crippen MR) is 118 cm³/mol. The molecule has 0 aliphatic carbocycles. The first kappa shape index (κ1) is 21.2. The number of para-hydroxylation sites is 1. The molecular weight excluding hydrogens is 431 g/mol. The van der Waals surface area contributed by atoms with Gasteiger partial charge in [0.25, 0.3) is 0 Å². The van der Waals surface area contributed by atoms with Crippen LogP contribution in [0.25, 0.3) is 11.4 Å². The molecule has 0 saturated heterocycles. The van der Waals surface area contributed by atoms with Gasteiger partial charge in [-0.15, -0.1) is 16.8 Å². The summed E-state index contributed by atoms with van der Waals surface area (Å²) in [6.07, 6.45) is 1.70. The van der Waals surface area contributed by atoms with Crippen molar-refractivity contribution in [3.63, 3.8) is 0 Å². The standard InChI is InChI=1S/C20H18Cl2N4O2S/c1-3-10-26-18(14-6-4-5-7-17(14)27)24-25-20(26)29-12(2)19(28)23-16-11-13(21)8-9-15(16)22/h3-9,11-12,27H,1,10H2,2H3,(H,23,28)/t12-/m0/s1. The van der Waals surface area contributed by atoms with E-state index in [4.69, 9.17) is 23.2 Å². The van der Waals surface area contributed by atoms with E-state index in [1.807, 2.05) is 0 Å². The van der Waals surface area contributed by atoms with Crippen molar-refractivity contribution in [2.24, 2.45) is 0 Å². The van der Waals surface area contributed by atoms with Crippen molar-refractivity contribution in [3.05, 3.63) is 65.2 Å². The zero-order valence-electron chi connectivity index (χ0n) is 15.5. The number of hydrogen-bond acceptors (Lipinski definition) is 5. The molecule has 6 nitrogen and oxygen atoms in total. The molecule has 0 fully saturated rings. The number of hydrogen-bond donors (Lipinski definition) is 2. The zero-order chi connectivity index (χ0) is 21.0. The maximum Gasteiger partial charge on any atom is 0.237 e. The third-order valence-electron chi connectivity index (χ3n) is 4.01. The Morgan fingerprint density at radius 3 is 2.79 bits per heavy atom. The zero-order valence-corrected chi connectivity index (χ0v) is 17.8. The number of rotatable bonds is 7. The number of phenolic OH excluding ortho intramolecular Hbond substituents is 1. The minimum Gasteiger partial charge on any atom is -0.507 e. The molecule has 0 aliphatic heterocycles. The van der Waals surface area contributed by atoms with Crippen LogP contribution in [0.5, 0.6) is 5.75 Å². The summed E-state index contributed by atoms with van der Waals surface area (Å²) in [5.74, 6) is 0.343.